The second kappa shape index (κ2) is 6.99. The molecule has 6 nitrogen and oxygen atoms in total. The number of hydrogen-bond donors (Lipinski definition) is 1. The van der Waals surface area contributed by atoms with Crippen LogP contribution in [0.5, 0.6) is 0 Å². The van der Waals surface area contributed by atoms with Gasteiger partial charge in [-0.25, -0.2) is 4.72 Å². The third-order valence-corrected chi connectivity index (χ3v) is 5.38. The fourth-order valence-corrected chi connectivity index (χ4v) is 3.86. The zero-order chi connectivity index (χ0) is 13.7. The van der Waals surface area contributed by atoms with Gasteiger partial charge in [0, 0.05) is 32.7 Å². The van der Waals surface area contributed by atoms with Crippen LogP contribution in [0.15, 0.2) is 0 Å². The van der Waals surface area contributed by atoms with Crippen LogP contribution in [-0.2, 0) is 14.9 Å². The van der Waals surface area contributed by atoms with Gasteiger partial charge in [-0.1, -0.05) is 6.92 Å². The predicted molar refractivity (Wildman–Crippen MR) is 74.2 cm³/mol. The van der Waals surface area contributed by atoms with Gasteiger partial charge in [-0.15, -0.1) is 0 Å². The van der Waals surface area contributed by atoms with E-state index in [1.807, 2.05) is 0 Å². The Balaban J connectivity index is 1.71. The van der Waals surface area contributed by atoms with Crippen molar-refractivity contribution in [2.45, 2.75) is 19.8 Å². The fourth-order valence-electron chi connectivity index (χ4n) is 2.70. The lowest BCUT2D eigenvalue weighted by molar-refractivity contribution is 0.0724. The van der Waals surface area contributed by atoms with Gasteiger partial charge in [0.1, 0.15) is 0 Å². The normalized spacial score (nSPS) is 27.5. The van der Waals surface area contributed by atoms with Gasteiger partial charge in [-0.05, 0) is 25.3 Å². The van der Waals surface area contributed by atoms with E-state index < -0.39 is 10.2 Å². The molecule has 0 radical (unpaired) electrons. The molecule has 1 N–H and O–H groups in total. The Kier molecular flexibility index (Phi) is 5.58. The van der Waals surface area contributed by atoms with E-state index >= 15 is 0 Å². The third kappa shape index (κ3) is 4.68. The summed E-state index contributed by atoms with van der Waals surface area (Å²) in [5.41, 5.74) is 0. The van der Waals surface area contributed by atoms with Crippen molar-refractivity contribution in [3.8, 4) is 0 Å². The summed E-state index contributed by atoms with van der Waals surface area (Å²) in [6, 6.07) is 0. The molecule has 2 heterocycles. The molecule has 0 amide bonds. The molecule has 7 heteroatoms. The second-order valence-corrected chi connectivity index (χ2v) is 7.21. The van der Waals surface area contributed by atoms with Crippen molar-refractivity contribution in [3.05, 3.63) is 0 Å². The number of nitrogens with one attached hydrogen (secondary N) is 1. The number of morpholine rings is 1. The van der Waals surface area contributed by atoms with Crippen LogP contribution >= 0.6 is 0 Å². The minimum Gasteiger partial charge on any atom is -0.379 e. The molecule has 2 aliphatic heterocycles. The highest BCUT2D eigenvalue weighted by molar-refractivity contribution is 7.87. The first-order valence-corrected chi connectivity index (χ1v) is 8.57. The van der Waals surface area contributed by atoms with Gasteiger partial charge in [0.15, 0.2) is 0 Å². The lowest BCUT2D eigenvalue weighted by Crippen LogP contribution is -2.48. The number of likely N-dealkylation sites (tertiary alicyclic amines) is 1. The molecule has 0 aromatic rings. The van der Waals surface area contributed by atoms with E-state index in [-0.39, 0.29) is 0 Å². The quantitative estimate of drug-likeness (QED) is 0.767. The van der Waals surface area contributed by atoms with E-state index in [1.54, 1.807) is 0 Å². The number of ether oxygens (including phenoxy) is 1. The Morgan fingerprint density at radius 1 is 1.26 bits per heavy atom. The summed E-state index contributed by atoms with van der Waals surface area (Å²) >= 11 is 0. The summed E-state index contributed by atoms with van der Waals surface area (Å²) in [6.45, 7) is 7.61. The maximum atomic E-state index is 12.0. The molecule has 19 heavy (non-hydrogen) atoms. The Labute approximate surface area is 116 Å². The lowest BCUT2D eigenvalue weighted by Gasteiger charge is -2.31. The van der Waals surface area contributed by atoms with E-state index in [1.165, 1.54) is 17.1 Å². The molecule has 2 rings (SSSR count). The first kappa shape index (κ1) is 15.2. The molecule has 1 unspecified atom stereocenters. The molecule has 0 spiro atoms. The van der Waals surface area contributed by atoms with Crippen LogP contribution in [0.3, 0.4) is 0 Å². The largest absolute Gasteiger partial charge is 0.379 e. The Hall–Kier alpha value is -0.210. The van der Waals surface area contributed by atoms with Gasteiger partial charge in [0.2, 0.25) is 0 Å². The highest BCUT2D eigenvalue weighted by atomic mass is 32.2. The van der Waals surface area contributed by atoms with E-state index in [4.69, 9.17) is 4.74 Å². The highest BCUT2D eigenvalue weighted by Gasteiger charge is 2.24. The van der Waals surface area contributed by atoms with Crippen molar-refractivity contribution in [2.75, 3.05) is 52.5 Å². The van der Waals surface area contributed by atoms with Crippen LogP contribution in [0.1, 0.15) is 19.8 Å². The summed E-state index contributed by atoms with van der Waals surface area (Å²) in [4.78, 5) is 2.34. The average Bonchev–Trinajstić information content (AvgIpc) is 2.40. The smallest absolute Gasteiger partial charge is 0.279 e. The fraction of sp³-hybridized carbons (Fsp3) is 1.00. The predicted octanol–water partition coefficient (Wildman–Crippen LogP) is -0.115. The van der Waals surface area contributed by atoms with Crippen LogP contribution in [0.2, 0.25) is 0 Å². The SMILES string of the molecule is CC1CCCN(CCNS(=O)(=O)N2CCOCC2)C1. The van der Waals surface area contributed by atoms with E-state index in [0.29, 0.717) is 32.8 Å². The second-order valence-electron chi connectivity index (χ2n) is 5.46. The van der Waals surface area contributed by atoms with Crippen molar-refractivity contribution < 1.29 is 13.2 Å². The molecule has 0 aliphatic carbocycles. The molecule has 0 aromatic heterocycles. The first-order valence-electron chi connectivity index (χ1n) is 7.13. The number of nitrogens with zero attached hydrogens (tertiary/aromatic N) is 2. The number of hydrogen-bond acceptors (Lipinski definition) is 4. The van der Waals surface area contributed by atoms with Crippen LogP contribution in [0.25, 0.3) is 0 Å². The van der Waals surface area contributed by atoms with E-state index in [2.05, 4.69) is 16.5 Å². The Bertz CT molecular complexity index is 368. The molecule has 1 atom stereocenters. The molecule has 0 aromatic carbocycles. The van der Waals surface area contributed by atoms with Crippen molar-refractivity contribution in [1.29, 1.82) is 0 Å². The zero-order valence-corrected chi connectivity index (χ0v) is 12.5. The van der Waals surface area contributed by atoms with Gasteiger partial charge < -0.3 is 9.64 Å². The maximum Gasteiger partial charge on any atom is 0.279 e. The Morgan fingerprint density at radius 3 is 2.68 bits per heavy atom. The van der Waals surface area contributed by atoms with Crippen LogP contribution < -0.4 is 4.72 Å². The average molecular weight is 291 g/mol. The van der Waals surface area contributed by atoms with E-state index in [9.17, 15) is 8.42 Å². The minimum absolute atomic E-state index is 0.454. The summed E-state index contributed by atoms with van der Waals surface area (Å²) in [6.07, 6.45) is 2.51. The van der Waals surface area contributed by atoms with Gasteiger partial charge in [0.05, 0.1) is 13.2 Å². The molecule has 112 valence electrons. The molecular formula is C12H25N3O3S. The number of piperidine rings is 1. The molecular weight excluding hydrogens is 266 g/mol. The maximum absolute atomic E-state index is 12.0. The topological polar surface area (TPSA) is 61.9 Å². The summed E-state index contributed by atoms with van der Waals surface area (Å²) < 4.78 is 33.4. The summed E-state index contributed by atoms with van der Waals surface area (Å²) in [5, 5.41) is 0. The van der Waals surface area contributed by atoms with Crippen molar-refractivity contribution in [2.24, 2.45) is 5.92 Å². The monoisotopic (exact) mass is 291 g/mol. The van der Waals surface area contributed by atoms with Gasteiger partial charge in [-0.2, -0.15) is 12.7 Å². The standard InChI is InChI=1S/C12H25N3O3S/c1-12-3-2-5-14(11-12)6-4-13-19(16,17)15-7-9-18-10-8-15/h12-13H,2-11H2,1H3. The first-order chi connectivity index (χ1) is 9.08. The summed E-state index contributed by atoms with van der Waals surface area (Å²) in [7, 11) is -3.32. The van der Waals surface area contributed by atoms with Crippen molar-refractivity contribution >= 4 is 10.2 Å². The molecule has 2 saturated heterocycles. The molecule has 2 aliphatic rings. The Morgan fingerprint density at radius 2 is 2.00 bits per heavy atom. The molecule has 0 bridgehead atoms. The van der Waals surface area contributed by atoms with Gasteiger partial charge in [0.25, 0.3) is 10.2 Å². The van der Waals surface area contributed by atoms with Gasteiger partial charge in [-0.3, -0.25) is 0 Å². The van der Waals surface area contributed by atoms with Crippen LogP contribution in [0, 0.1) is 5.92 Å². The minimum atomic E-state index is -3.32. The zero-order valence-electron chi connectivity index (χ0n) is 11.7. The third-order valence-electron chi connectivity index (χ3n) is 3.76. The molecule has 0 saturated carbocycles. The molecule has 2 fully saturated rings. The highest BCUT2D eigenvalue weighted by Crippen LogP contribution is 2.14. The van der Waals surface area contributed by atoms with Crippen LogP contribution in [0.4, 0.5) is 0 Å². The van der Waals surface area contributed by atoms with Gasteiger partial charge >= 0.3 is 0 Å². The lowest BCUT2D eigenvalue weighted by atomic mass is 10.0. The van der Waals surface area contributed by atoms with Crippen molar-refractivity contribution in [1.82, 2.24) is 13.9 Å². The number of rotatable bonds is 5. The summed E-state index contributed by atoms with van der Waals surface area (Å²) in [5.74, 6) is 0.726. The van der Waals surface area contributed by atoms with E-state index in [0.717, 1.165) is 25.6 Å². The van der Waals surface area contributed by atoms with Crippen LogP contribution in [-0.4, -0.2) is 70.1 Å². The van der Waals surface area contributed by atoms with Crippen molar-refractivity contribution in [3.63, 3.8) is 0 Å².